The Bertz CT molecular complexity index is 1200. The van der Waals surface area contributed by atoms with E-state index in [1.54, 1.807) is 0 Å². The van der Waals surface area contributed by atoms with Crippen LogP contribution < -0.4 is 28.3 Å². The van der Waals surface area contributed by atoms with Gasteiger partial charge in [0.15, 0.2) is 18.2 Å². The maximum atomic E-state index is 12.6. The van der Waals surface area contributed by atoms with Gasteiger partial charge in [-0.2, -0.15) is 0 Å². The minimum atomic E-state index is -2.74. The minimum absolute atomic E-state index is 0.0101. The molecule has 25 nitrogen and oxygen atoms in total. The molecular formula is C28H51N5O20. The van der Waals surface area contributed by atoms with Crippen LogP contribution in [0.1, 0.15) is 25.7 Å². The van der Waals surface area contributed by atoms with Gasteiger partial charge in [-0.1, -0.05) is 0 Å². The lowest BCUT2D eigenvalue weighted by Gasteiger charge is -2.49. The molecule has 1 aliphatic carbocycles. The van der Waals surface area contributed by atoms with Crippen molar-refractivity contribution in [2.24, 2.45) is 22.9 Å². The molecule has 0 aromatic carbocycles. The summed E-state index contributed by atoms with van der Waals surface area (Å²) < 4.78 is 22.5. The third-order valence-corrected chi connectivity index (χ3v) is 8.79. The van der Waals surface area contributed by atoms with Crippen LogP contribution in [-0.2, 0) is 38.1 Å². The fraction of sp³-hybridized carbons (Fsp3) is 0.857. The molecule has 0 spiro atoms. The molecule has 0 bridgehead atoms. The van der Waals surface area contributed by atoms with Crippen molar-refractivity contribution < 1.29 is 99.4 Å². The third kappa shape index (κ3) is 11.8. The molecule has 3 aliphatic rings. The van der Waals surface area contributed by atoms with Crippen molar-refractivity contribution >= 4 is 23.8 Å². The minimum Gasteiger partial charge on any atom is -0.481 e. The first-order valence-electron chi connectivity index (χ1n) is 16.2. The molecule has 0 aromatic heterocycles. The number of hydrogen-bond acceptors (Lipinski definition) is 21. The highest BCUT2D eigenvalue weighted by Gasteiger charge is 2.52. The maximum Gasteiger partial charge on any atom is 0.336 e. The molecule has 25 heteroatoms. The Morgan fingerprint density at radius 2 is 1.30 bits per heavy atom. The molecule has 21 N–H and O–H groups in total. The molecule has 0 unspecified atom stereocenters. The monoisotopic (exact) mass is 777 g/mol. The predicted octanol–water partition coefficient (Wildman–Crippen LogP) is -9.67. The summed E-state index contributed by atoms with van der Waals surface area (Å²) in [7, 11) is 0. The highest BCUT2D eigenvalue weighted by atomic mass is 16.7. The average molecular weight is 778 g/mol. The number of carboxylic acid groups (broad SMARTS) is 3. The Labute approximate surface area is 300 Å². The van der Waals surface area contributed by atoms with E-state index in [4.69, 9.17) is 62.3 Å². The lowest BCUT2D eigenvalue weighted by atomic mass is 9.83. The Kier molecular flexibility index (Phi) is 17.7. The topological polar surface area (TPSA) is 464 Å². The summed E-state index contributed by atoms with van der Waals surface area (Å²) >= 11 is 0. The van der Waals surface area contributed by atoms with Gasteiger partial charge >= 0.3 is 17.9 Å². The van der Waals surface area contributed by atoms with E-state index in [1.165, 1.54) is 0 Å². The van der Waals surface area contributed by atoms with E-state index >= 15 is 0 Å². The first kappa shape index (κ1) is 46.4. The second kappa shape index (κ2) is 20.2. The van der Waals surface area contributed by atoms with Crippen molar-refractivity contribution in [3.8, 4) is 0 Å². The van der Waals surface area contributed by atoms with Gasteiger partial charge in [-0.3, -0.25) is 14.4 Å². The molecule has 2 aliphatic heterocycles. The molecule has 3 fully saturated rings. The number of ether oxygens (including phenoxy) is 4. The summed E-state index contributed by atoms with van der Waals surface area (Å²) in [6.07, 6.45) is -22.1. The molecule has 1 saturated carbocycles. The lowest BCUT2D eigenvalue weighted by molar-refractivity contribution is -0.332. The van der Waals surface area contributed by atoms with Crippen molar-refractivity contribution in [1.82, 2.24) is 5.32 Å². The van der Waals surface area contributed by atoms with Crippen molar-refractivity contribution in [2.45, 2.75) is 129 Å². The molecule has 3 rings (SSSR count). The van der Waals surface area contributed by atoms with Gasteiger partial charge in [-0.25, -0.2) is 4.79 Å². The van der Waals surface area contributed by atoms with Gasteiger partial charge < -0.3 is 108 Å². The van der Waals surface area contributed by atoms with E-state index in [0.717, 1.165) is 0 Å². The first-order valence-corrected chi connectivity index (χ1v) is 16.2. The summed E-state index contributed by atoms with van der Waals surface area (Å²) in [6, 6.07) is -3.45. The fourth-order valence-corrected chi connectivity index (χ4v) is 5.78. The second-order valence-corrected chi connectivity index (χ2v) is 12.8. The van der Waals surface area contributed by atoms with Gasteiger partial charge in [0.2, 0.25) is 5.91 Å². The standard InChI is InChI=1S/C22H43N5O13.C6H8O7/c23-2-1-8(29)20(36)27-7-3-6(25)18(39-22-16(34)15(33)13(31)9(4-24)37-22)17(35)19(7)40-21-14(32)11(26)12(30)10(5-28)38-21;7-3(8)1-6(13,5(11)12)2-4(9)10/h6-19,21-22,28-35H,1-5,23-26H2,(H,27,36);13H,1-2H2,(H,7,8)(H,9,10)(H,11,12)/t6-,7+,8-,9+,10+,11-,12+,13+,14+,15-,16+,17-,18+,19-,21+,22+;/m0./s1. The Balaban J connectivity index is 0.000000636. The molecular weight excluding hydrogens is 726 g/mol. The Hall–Kier alpha value is -2.80. The average Bonchev–Trinajstić information content (AvgIpc) is 3.07. The van der Waals surface area contributed by atoms with E-state index in [0.29, 0.717) is 0 Å². The SMILES string of the molecule is NCC[C@H](O)C(=O)N[C@@H]1C[C@H](N)[C@@H](O[C@H]2O[C@H](CN)[C@@H](O)[C@H](O)[C@H]2O)[C@H](O)[C@H]1O[C@H]1O[C@H](CO)[C@@H](O)[C@H](N)[C@H]1O.O=C(O)CC(O)(CC(=O)O)C(=O)O. The molecule has 308 valence electrons. The largest absolute Gasteiger partial charge is 0.481 e. The van der Waals surface area contributed by atoms with Gasteiger partial charge in [-0.15, -0.1) is 0 Å². The van der Waals surface area contributed by atoms with Crippen LogP contribution in [0.15, 0.2) is 0 Å². The van der Waals surface area contributed by atoms with Gasteiger partial charge in [0.05, 0.1) is 31.5 Å². The van der Waals surface area contributed by atoms with Crippen LogP contribution in [0, 0.1) is 0 Å². The van der Waals surface area contributed by atoms with Crippen LogP contribution in [0.5, 0.6) is 0 Å². The van der Waals surface area contributed by atoms with Crippen LogP contribution in [-0.4, -0.2) is 208 Å². The van der Waals surface area contributed by atoms with Gasteiger partial charge in [-0.05, 0) is 19.4 Å². The van der Waals surface area contributed by atoms with Crippen molar-refractivity contribution in [2.75, 3.05) is 19.7 Å². The zero-order valence-electron chi connectivity index (χ0n) is 28.1. The third-order valence-electron chi connectivity index (χ3n) is 8.79. The summed E-state index contributed by atoms with van der Waals surface area (Å²) in [6.45, 7) is -0.898. The van der Waals surface area contributed by atoms with Crippen LogP contribution in [0.25, 0.3) is 0 Å². The van der Waals surface area contributed by atoms with Crippen LogP contribution >= 0.6 is 0 Å². The van der Waals surface area contributed by atoms with E-state index in [-0.39, 0.29) is 25.9 Å². The zero-order valence-corrected chi connectivity index (χ0v) is 28.1. The van der Waals surface area contributed by atoms with Crippen LogP contribution in [0.3, 0.4) is 0 Å². The van der Waals surface area contributed by atoms with E-state index in [1.807, 2.05) is 0 Å². The molecule has 1 amide bonds. The number of amides is 1. The maximum absolute atomic E-state index is 12.6. The molecule has 2 heterocycles. The number of carbonyl (C=O) groups excluding carboxylic acids is 1. The summed E-state index contributed by atoms with van der Waals surface area (Å²) in [5, 5.41) is 119. The molecule has 0 radical (unpaired) electrons. The van der Waals surface area contributed by atoms with Gasteiger partial charge in [0.1, 0.15) is 67.1 Å². The van der Waals surface area contributed by atoms with Crippen molar-refractivity contribution in [1.29, 1.82) is 0 Å². The summed E-state index contributed by atoms with van der Waals surface area (Å²) in [5.41, 5.74) is 20.3. The Morgan fingerprint density at radius 3 is 1.79 bits per heavy atom. The highest BCUT2D eigenvalue weighted by molar-refractivity contribution is 5.88. The number of aliphatic hydroxyl groups excluding tert-OH is 8. The highest BCUT2D eigenvalue weighted by Crippen LogP contribution is 2.32. The predicted molar refractivity (Wildman–Crippen MR) is 169 cm³/mol. The van der Waals surface area contributed by atoms with Crippen LogP contribution in [0.2, 0.25) is 0 Å². The molecule has 2 saturated heterocycles. The fourth-order valence-electron chi connectivity index (χ4n) is 5.78. The normalized spacial score (nSPS) is 38.2. The van der Waals surface area contributed by atoms with Crippen molar-refractivity contribution in [3.05, 3.63) is 0 Å². The number of hydrogen-bond donors (Lipinski definition) is 17. The smallest absolute Gasteiger partial charge is 0.336 e. The number of nitrogens with one attached hydrogen (secondary N) is 1. The first-order chi connectivity index (χ1) is 24.6. The second-order valence-electron chi connectivity index (χ2n) is 12.8. The lowest BCUT2D eigenvalue weighted by Crippen LogP contribution is -2.69. The molecule has 0 aromatic rings. The quantitative estimate of drug-likeness (QED) is 0.0734. The van der Waals surface area contributed by atoms with E-state index in [9.17, 15) is 60.0 Å². The van der Waals surface area contributed by atoms with Gasteiger partial charge in [0.25, 0.3) is 0 Å². The zero-order chi connectivity index (χ0) is 40.5. The molecule has 16 atom stereocenters. The van der Waals surface area contributed by atoms with E-state index < -0.39 is 147 Å². The number of rotatable bonds is 15. The van der Waals surface area contributed by atoms with Gasteiger partial charge in [0, 0.05) is 12.6 Å². The molecule has 53 heavy (non-hydrogen) atoms. The number of nitrogens with two attached hydrogens (primary N) is 4. The van der Waals surface area contributed by atoms with Crippen LogP contribution in [0.4, 0.5) is 0 Å². The Morgan fingerprint density at radius 1 is 0.774 bits per heavy atom. The number of carbonyl (C=O) groups is 4. The van der Waals surface area contributed by atoms with Crippen molar-refractivity contribution in [3.63, 3.8) is 0 Å². The summed E-state index contributed by atoms with van der Waals surface area (Å²) in [5.74, 6) is -5.86. The number of aliphatic hydroxyl groups is 9. The summed E-state index contributed by atoms with van der Waals surface area (Å²) in [4.78, 5) is 43.1. The number of aliphatic carboxylic acids is 3. The number of carboxylic acids is 3. The van der Waals surface area contributed by atoms with E-state index in [2.05, 4.69) is 5.32 Å².